The fraction of sp³-hybridized carbons (Fsp3) is 0.226. The first kappa shape index (κ1) is 21.9. The number of rotatable bonds is 4. The van der Waals surface area contributed by atoms with Crippen molar-refractivity contribution in [1.29, 1.82) is 0 Å². The number of aliphatic hydroxyl groups excluding tert-OH is 2. The van der Waals surface area contributed by atoms with Gasteiger partial charge in [-0.1, -0.05) is 86.6 Å². The van der Waals surface area contributed by atoms with Gasteiger partial charge in [0.25, 0.3) is 0 Å². The lowest BCUT2D eigenvalue weighted by Crippen LogP contribution is -2.18. The van der Waals surface area contributed by atoms with Crippen molar-refractivity contribution in [3.63, 3.8) is 0 Å². The molecule has 6 rings (SSSR count). The van der Waals surface area contributed by atoms with Crippen molar-refractivity contribution in [2.24, 2.45) is 0 Å². The Bertz CT molecular complexity index is 1280. The second-order valence-corrected chi connectivity index (χ2v) is 9.94. The zero-order valence-electron chi connectivity index (χ0n) is 19.9. The maximum atomic E-state index is 9.96. The van der Waals surface area contributed by atoms with Crippen molar-refractivity contribution in [2.45, 2.75) is 31.5 Å². The van der Waals surface area contributed by atoms with Crippen LogP contribution in [0.15, 0.2) is 84.9 Å². The third-order valence-corrected chi connectivity index (χ3v) is 7.41. The topological polar surface area (TPSA) is 58.9 Å². The van der Waals surface area contributed by atoms with Gasteiger partial charge < -0.3 is 19.7 Å². The Morgan fingerprint density at radius 3 is 1.40 bits per heavy atom. The highest BCUT2D eigenvalue weighted by Crippen LogP contribution is 2.40. The lowest BCUT2D eigenvalue weighted by atomic mass is 9.77. The van der Waals surface area contributed by atoms with E-state index in [-0.39, 0.29) is 5.41 Å². The predicted octanol–water partition coefficient (Wildman–Crippen LogP) is 6.20. The van der Waals surface area contributed by atoms with Crippen molar-refractivity contribution in [3.05, 3.63) is 107 Å². The van der Waals surface area contributed by atoms with Crippen molar-refractivity contribution >= 4 is 0 Å². The number of hydrogen-bond donors (Lipinski definition) is 2. The molecule has 0 spiro atoms. The highest BCUT2D eigenvalue weighted by Gasteiger charge is 2.25. The molecular formula is C31H28O4. The van der Waals surface area contributed by atoms with E-state index in [0.717, 1.165) is 44.9 Å². The average Bonchev–Trinajstić information content (AvgIpc) is 2.89. The first-order chi connectivity index (χ1) is 16.9. The molecular weight excluding hydrogens is 436 g/mol. The van der Waals surface area contributed by atoms with E-state index in [0.29, 0.717) is 13.2 Å². The van der Waals surface area contributed by atoms with Gasteiger partial charge in [0.2, 0.25) is 0 Å². The van der Waals surface area contributed by atoms with E-state index in [1.54, 1.807) is 0 Å². The Balaban J connectivity index is 1.26. The summed E-state index contributed by atoms with van der Waals surface area (Å²) in [6.07, 6.45) is -1.09. The summed E-state index contributed by atoms with van der Waals surface area (Å²) >= 11 is 0. The van der Waals surface area contributed by atoms with Crippen LogP contribution in [0.1, 0.15) is 48.3 Å². The number of ether oxygens (including phenoxy) is 2. The van der Waals surface area contributed by atoms with Crippen LogP contribution >= 0.6 is 0 Å². The van der Waals surface area contributed by atoms with Crippen LogP contribution in [-0.4, -0.2) is 23.4 Å². The van der Waals surface area contributed by atoms with Gasteiger partial charge in [0.05, 0.1) is 0 Å². The standard InChI is InChI=1S/C31H28O4/c1-31(2,23-9-3-19(4-10-23)25-13-7-21-15-29(25)34-17-27(21)32)24-11-5-20(6-12-24)26-14-8-22-16-30(26)35-18-28(22)33/h3-16,27-28,32-33H,17-18H2,1-2H3. The highest BCUT2D eigenvalue weighted by molar-refractivity contribution is 5.73. The molecule has 0 radical (unpaired) electrons. The zero-order chi connectivity index (χ0) is 24.2. The van der Waals surface area contributed by atoms with Gasteiger partial charge in [0.1, 0.15) is 36.9 Å². The summed E-state index contributed by atoms with van der Waals surface area (Å²) in [6, 6.07) is 29.2. The Hall–Kier alpha value is -3.60. The second-order valence-electron chi connectivity index (χ2n) is 9.94. The van der Waals surface area contributed by atoms with Crippen LogP contribution < -0.4 is 9.47 Å². The van der Waals surface area contributed by atoms with Gasteiger partial charge in [-0.2, -0.15) is 0 Å². The largest absolute Gasteiger partial charge is 0.490 e. The monoisotopic (exact) mass is 464 g/mol. The molecule has 4 heteroatoms. The van der Waals surface area contributed by atoms with Crippen LogP contribution in [0.4, 0.5) is 0 Å². The molecule has 4 bridgehead atoms. The Morgan fingerprint density at radius 2 is 1.00 bits per heavy atom. The molecule has 0 saturated heterocycles. The van der Waals surface area contributed by atoms with E-state index in [4.69, 9.17) is 9.47 Å². The van der Waals surface area contributed by atoms with E-state index < -0.39 is 12.2 Å². The molecule has 35 heavy (non-hydrogen) atoms. The normalized spacial score (nSPS) is 18.5. The molecule has 2 heterocycles. The molecule has 2 aliphatic rings. The van der Waals surface area contributed by atoms with Crippen molar-refractivity contribution in [2.75, 3.05) is 13.2 Å². The highest BCUT2D eigenvalue weighted by atomic mass is 16.5. The van der Waals surface area contributed by atoms with E-state index in [1.807, 2.05) is 36.4 Å². The third-order valence-electron chi connectivity index (χ3n) is 7.41. The third kappa shape index (κ3) is 3.79. The zero-order valence-corrected chi connectivity index (χ0v) is 19.9. The summed E-state index contributed by atoms with van der Waals surface area (Å²) in [6.45, 7) is 5.08. The summed E-state index contributed by atoms with van der Waals surface area (Å²) < 4.78 is 11.5. The van der Waals surface area contributed by atoms with E-state index >= 15 is 0 Å². The van der Waals surface area contributed by atoms with E-state index in [9.17, 15) is 10.2 Å². The summed E-state index contributed by atoms with van der Waals surface area (Å²) in [5, 5.41) is 19.9. The van der Waals surface area contributed by atoms with E-state index in [1.165, 1.54) is 11.1 Å². The Labute approximate surface area is 205 Å². The van der Waals surface area contributed by atoms with Gasteiger partial charge in [-0.25, -0.2) is 0 Å². The van der Waals surface area contributed by atoms with Crippen LogP contribution in [0.2, 0.25) is 0 Å². The number of hydrogen-bond acceptors (Lipinski definition) is 4. The average molecular weight is 465 g/mol. The predicted molar refractivity (Wildman–Crippen MR) is 137 cm³/mol. The molecule has 2 atom stereocenters. The van der Waals surface area contributed by atoms with Gasteiger partial charge in [0, 0.05) is 16.5 Å². The van der Waals surface area contributed by atoms with Gasteiger partial charge in [-0.15, -0.1) is 0 Å². The molecule has 0 fully saturated rings. The van der Waals surface area contributed by atoms with Gasteiger partial charge in [-0.05, 0) is 45.5 Å². The first-order valence-electron chi connectivity index (χ1n) is 12.0. The second kappa shape index (κ2) is 8.26. The summed E-state index contributed by atoms with van der Waals surface area (Å²) in [4.78, 5) is 0. The fourth-order valence-corrected chi connectivity index (χ4v) is 5.04. The van der Waals surface area contributed by atoms with Crippen molar-refractivity contribution in [3.8, 4) is 33.8 Å². The lowest BCUT2D eigenvalue weighted by molar-refractivity contribution is 0.0992. The van der Waals surface area contributed by atoms with Crippen LogP contribution in [0.25, 0.3) is 22.3 Å². The minimum absolute atomic E-state index is 0.172. The molecule has 4 nitrogen and oxygen atoms in total. The van der Waals surface area contributed by atoms with Crippen LogP contribution in [0, 0.1) is 0 Å². The smallest absolute Gasteiger partial charge is 0.127 e. The first-order valence-corrected chi connectivity index (χ1v) is 12.0. The Kier molecular flexibility index (Phi) is 5.17. The summed E-state index contributed by atoms with van der Waals surface area (Å²) in [5.41, 5.74) is 8.37. The van der Waals surface area contributed by atoms with Gasteiger partial charge in [0.15, 0.2) is 0 Å². The molecule has 176 valence electrons. The van der Waals surface area contributed by atoms with Crippen LogP contribution in [0.3, 0.4) is 0 Å². The maximum absolute atomic E-state index is 9.96. The SMILES string of the molecule is CC(C)(c1ccc(-c2ccc3cc2OCC3O)cc1)c1ccc(-c2ccc3cc2OCC3O)cc1. The minimum Gasteiger partial charge on any atom is -0.490 e. The quantitative estimate of drug-likeness (QED) is 0.378. The van der Waals surface area contributed by atoms with Crippen molar-refractivity contribution in [1.82, 2.24) is 0 Å². The molecule has 0 aromatic heterocycles. The van der Waals surface area contributed by atoms with Crippen LogP contribution in [0.5, 0.6) is 11.5 Å². The van der Waals surface area contributed by atoms with Gasteiger partial charge in [-0.3, -0.25) is 0 Å². The molecule has 0 amide bonds. The van der Waals surface area contributed by atoms with Crippen LogP contribution in [-0.2, 0) is 5.41 Å². The maximum Gasteiger partial charge on any atom is 0.127 e. The molecule has 4 aromatic carbocycles. The Morgan fingerprint density at radius 1 is 0.600 bits per heavy atom. The molecule has 0 saturated carbocycles. The molecule has 4 aromatic rings. The molecule has 2 aliphatic heterocycles. The minimum atomic E-state index is -0.547. The fourth-order valence-electron chi connectivity index (χ4n) is 5.04. The number of benzene rings is 4. The number of fused-ring (bicyclic) bond motifs is 4. The molecule has 2 unspecified atom stereocenters. The lowest BCUT2D eigenvalue weighted by Gasteiger charge is -2.27. The summed E-state index contributed by atoms with van der Waals surface area (Å²) in [5.74, 6) is 1.64. The molecule has 2 N–H and O–H groups in total. The van der Waals surface area contributed by atoms with Crippen molar-refractivity contribution < 1.29 is 19.7 Å². The van der Waals surface area contributed by atoms with E-state index in [2.05, 4.69) is 62.4 Å². The summed E-state index contributed by atoms with van der Waals surface area (Å²) in [7, 11) is 0. The number of aliphatic hydroxyl groups is 2. The van der Waals surface area contributed by atoms with Gasteiger partial charge >= 0.3 is 0 Å². The molecule has 0 aliphatic carbocycles.